The summed E-state index contributed by atoms with van der Waals surface area (Å²) in [6.45, 7) is 5.55. The predicted octanol–water partition coefficient (Wildman–Crippen LogP) is 2.72. The number of pyridine rings is 1. The van der Waals surface area contributed by atoms with E-state index in [1.165, 1.54) is 0 Å². The van der Waals surface area contributed by atoms with Crippen LogP contribution in [0, 0.1) is 0 Å². The number of aromatic nitrogens is 1. The van der Waals surface area contributed by atoms with E-state index >= 15 is 0 Å². The van der Waals surface area contributed by atoms with Crippen LogP contribution in [0.25, 0.3) is 0 Å². The molecule has 22 heavy (non-hydrogen) atoms. The summed E-state index contributed by atoms with van der Waals surface area (Å²) < 4.78 is 5.98. The highest BCUT2D eigenvalue weighted by atomic mass is 35.5. The molecule has 0 atom stereocenters. The van der Waals surface area contributed by atoms with Crippen molar-refractivity contribution in [2.75, 3.05) is 26.2 Å². The maximum Gasteiger partial charge on any atom is 0.124 e. The minimum atomic E-state index is 0.518. The average Bonchev–Trinajstić information content (AvgIpc) is 2.56. The van der Waals surface area contributed by atoms with E-state index in [-0.39, 0.29) is 0 Å². The molecule has 0 radical (unpaired) electrons. The zero-order chi connectivity index (χ0) is 15.2. The van der Waals surface area contributed by atoms with Crippen LogP contribution in [0.15, 0.2) is 42.7 Å². The van der Waals surface area contributed by atoms with Crippen LogP contribution in [-0.2, 0) is 13.2 Å². The van der Waals surface area contributed by atoms with Crippen molar-refractivity contribution in [3.63, 3.8) is 0 Å². The van der Waals surface area contributed by atoms with Gasteiger partial charge < -0.3 is 10.1 Å². The first-order valence-electron chi connectivity index (χ1n) is 7.54. The molecule has 3 rings (SSSR count). The molecule has 4 nitrogen and oxygen atoms in total. The van der Waals surface area contributed by atoms with Gasteiger partial charge in [-0.05, 0) is 24.3 Å². The molecule has 2 aromatic rings. The van der Waals surface area contributed by atoms with Gasteiger partial charge >= 0.3 is 0 Å². The second-order valence-electron chi connectivity index (χ2n) is 5.43. The largest absolute Gasteiger partial charge is 0.489 e. The minimum Gasteiger partial charge on any atom is -0.489 e. The summed E-state index contributed by atoms with van der Waals surface area (Å²) in [4.78, 5) is 6.53. The van der Waals surface area contributed by atoms with E-state index in [0.29, 0.717) is 6.61 Å². The van der Waals surface area contributed by atoms with Gasteiger partial charge in [-0.15, -0.1) is 0 Å². The van der Waals surface area contributed by atoms with Crippen LogP contribution >= 0.6 is 11.6 Å². The Kier molecular flexibility index (Phi) is 5.27. The van der Waals surface area contributed by atoms with Crippen molar-refractivity contribution in [1.82, 2.24) is 15.2 Å². The summed E-state index contributed by atoms with van der Waals surface area (Å²) in [5, 5.41) is 4.12. The number of piperazine rings is 1. The molecule has 1 fully saturated rings. The summed E-state index contributed by atoms with van der Waals surface area (Å²) in [5.74, 6) is 0.895. The molecule has 0 aliphatic carbocycles. The lowest BCUT2D eigenvalue weighted by atomic mass is 10.1. The number of nitrogens with one attached hydrogen (secondary N) is 1. The summed E-state index contributed by atoms with van der Waals surface area (Å²) in [6.07, 6.45) is 3.59. The Morgan fingerprint density at radius 2 is 2.09 bits per heavy atom. The van der Waals surface area contributed by atoms with Gasteiger partial charge in [-0.25, -0.2) is 0 Å². The molecule has 1 aromatic heterocycles. The van der Waals surface area contributed by atoms with Gasteiger partial charge in [0.15, 0.2) is 0 Å². The van der Waals surface area contributed by atoms with E-state index < -0.39 is 0 Å². The first kappa shape index (κ1) is 15.3. The first-order chi connectivity index (χ1) is 10.8. The van der Waals surface area contributed by atoms with Crippen molar-refractivity contribution in [2.24, 2.45) is 0 Å². The second-order valence-corrected chi connectivity index (χ2v) is 5.86. The van der Waals surface area contributed by atoms with Gasteiger partial charge in [-0.3, -0.25) is 9.88 Å². The van der Waals surface area contributed by atoms with Gasteiger partial charge in [0.25, 0.3) is 0 Å². The topological polar surface area (TPSA) is 37.4 Å². The van der Waals surface area contributed by atoms with E-state index in [9.17, 15) is 0 Å². The monoisotopic (exact) mass is 317 g/mol. The molecule has 1 aromatic carbocycles. The average molecular weight is 318 g/mol. The zero-order valence-electron chi connectivity index (χ0n) is 12.5. The van der Waals surface area contributed by atoms with Crippen LogP contribution in [0.1, 0.15) is 11.1 Å². The SMILES string of the molecule is Clc1ccc(OCc2cccnc2)c(CN2CCNCC2)c1. The Bertz CT molecular complexity index is 600. The maximum atomic E-state index is 6.16. The molecule has 5 heteroatoms. The molecule has 2 heterocycles. The minimum absolute atomic E-state index is 0.518. The Labute approximate surface area is 136 Å². The molecular weight excluding hydrogens is 298 g/mol. The van der Waals surface area contributed by atoms with E-state index in [1.54, 1.807) is 6.20 Å². The zero-order valence-corrected chi connectivity index (χ0v) is 13.2. The number of hydrogen-bond acceptors (Lipinski definition) is 4. The summed E-state index contributed by atoms with van der Waals surface area (Å²) in [7, 11) is 0. The highest BCUT2D eigenvalue weighted by molar-refractivity contribution is 6.30. The van der Waals surface area contributed by atoms with E-state index in [0.717, 1.165) is 54.6 Å². The van der Waals surface area contributed by atoms with Crippen molar-refractivity contribution in [1.29, 1.82) is 0 Å². The summed E-state index contributed by atoms with van der Waals surface area (Å²) in [5.41, 5.74) is 2.20. The summed E-state index contributed by atoms with van der Waals surface area (Å²) >= 11 is 6.16. The fraction of sp³-hybridized carbons (Fsp3) is 0.353. The van der Waals surface area contributed by atoms with Gasteiger partial charge in [-0.2, -0.15) is 0 Å². The van der Waals surface area contributed by atoms with Gasteiger partial charge in [0.05, 0.1) is 0 Å². The standard InChI is InChI=1S/C17H20ClN3O/c18-16-3-4-17(22-13-14-2-1-5-20-11-14)15(10-16)12-21-8-6-19-7-9-21/h1-5,10-11,19H,6-9,12-13H2. The van der Waals surface area contributed by atoms with Crippen molar-refractivity contribution in [2.45, 2.75) is 13.2 Å². The van der Waals surface area contributed by atoms with E-state index in [4.69, 9.17) is 16.3 Å². The molecule has 1 saturated heterocycles. The van der Waals surface area contributed by atoms with Gasteiger partial charge in [0, 0.05) is 61.3 Å². The van der Waals surface area contributed by atoms with Crippen LogP contribution in [0.4, 0.5) is 0 Å². The van der Waals surface area contributed by atoms with Crippen molar-refractivity contribution in [3.8, 4) is 5.75 Å². The highest BCUT2D eigenvalue weighted by Gasteiger charge is 2.13. The number of hydrogen-bond donors (Lipinski definition) is 1. The summed E-state index contributed by atoms with van der Waals surface area (Å²) in [6, 6.07) is 9.76. The second kappa shape index (κ2) is 7.58. The Morgan fingerprint density at radius 3 is 2.86 bits per heavy atom. The predicted molar refractivity (Wildman–Crippen MR) is 88.2 cm³/mol. The molecule has 1 aliphatic rings. The van der Waals surface area contributed by atoms with Crippen LogP contribution in [0.3, 0.4) is 0 Å². The van der Waals surface area contributed by atoms with Crippen molar-refractivity contribution < 1.29 is 4.74 Å². The quantitative estimate of drug-likeness (QED) is 0.920. The number of halogens is 1. The Morgan fingerprint density at radius 1 is 1.23 bits per heavy atom. The fourth-order valence-electron chi connectivity index (χ4n) is 2.57. The maximum absolute atomic E-state index is 6.16. The van der Waals surface area contributed by atoms with Crippen LogP contribution in [-0.4, -0.2) is 36.1 Å². The number of benzene rings is 1. The molecular formula is C17H20ClN3O. The van der Waals surface area contributed by atoms with Crippen LogP contribution in [0.5, 0.6) is 5.75 Å². The number of nitrogens with zero attached hydrogens (tertiary/aromatic N) is 2. The molecule has 1 aliphatic heterocycles. The highest BCUT2D eigenvalue weighted by Crippen LogP contribution is 2.25. The van der Waals surface area contributed by atoms with Crippen LogP contribution in [0.2, 0.25) is 5.02 Å². The normalized spacial score (nSPS) is 15.7. The lowest BCUT2D eigenvalue weighted by Crippen LogP contribution is -2.42. The van der Waals surface area contributed by atoms with Gasteiger partial charge in [-0.1, -0.05) is 17.7 Å². The lowest BCUT2D eigenvalue weighted by molar-refractivity contribution is 0.226. The molecule has 0 amide bonds. The Balaban J connectivity index is 1.69. The molecule has 0 saturated carbocycles. The third kappa shape index (κ3) is 4.19. The smallest absolute Gasteiger partial charge is 0.124 e. The number of rotatable bonds is 5. The van der Waals surface area contributed by atoms with Gasteiger partial charge in [0.2, 0.25) is 0 Å². The lowest BCUT2D eigenvalue weighted by Gasteiger charge is -2.28. The molecule has 116 valence electrons. The molecule has 0 unspecified atom stereocenters. The molecule has 0 spiro atoms. The van der Waals surface area contributed by atoms with E-state index in [2.05, 4.69) is 15.2 Å². The van der Waals surface area contributed by atoms with Crippen molar-refractivity contribution in [3.05, 3.63) is 58.9 Å². The van der Waals surface area contributed by atoms with Crippen molar-refractivity contribution >= 4 is 11.6 Å². The third-order valence-electron chi connectivity index (χ3n) is 3.74. The van der Waals surface area contributed by atoms with Crippen LogP contribution < -0.4 is 10.1 Å². The fourth-order valence-corrected chi connectivity index (χ4v) is 2.76. The van der Waals surface area contributed by atoms with Gasteiger partial charge in [0.1, 0.15) is 12.4 Å². The first-order valence-corrected chi connectivity index (χ1v) is 7.92. The Hall–Kier alpha value is -1.62. The van der Waals surface area contributed by atoms with E-state index in [1.807, 2.05) is 36.5 Å². The molecule has 0 bridgehead atoms. The number of ether oxygens (including phenoxy) is 1. The third-order valence-corrected chi connectivity index (χ3v) is 3.98. The molecule has 1 N–H and O–H groups in total.